The second-order valence-corrected chi connectivity index (χ2v) is 3.26. The van der Waals surface area contributed by atoms with E-state index in [2.05, 4.69) is 36.4 Å². The summed E-state index contributed by atoms with van der Waals surface area (Å²) in [5, 5.41) is 2.44. The van der Waals surface area contributed by atoms with E-state index in [-0.39, 0.29) is 28.5 Å². The minimum atomic E-state index is 0. The van der Waals surface area contributed by atoms with E-state index in [1.165, 1.54) is 10.8 Å². The molecule has 0 fully saturated rings. The van der Waals surface area contributed by atoms with Gasteiger partial charge in [-0.15, -0.1) is 53.6 Å². The van der Waals surface area contributed by atoms with Crippen LogP contribution in [0.25, 0.3) is 10.8 Å². The summed E-state index contributed by atoms with van der Waals surface area (Å²) in [5.74, 6) is 0. The quantitative estimate of drug-likeness (QED) is 0.574. The van der Waals surface area contributed by atoms with Gasteiger partial charge < -0.3 is 7.43 Å². The van der Waals surface area contributed by atoms with E-state index < -0.39 is 0 Å². The molecule has 2 aromatic rings. The Labute approximate surface area is 118 Å². The zero-order valence-electron chi connectivity index (χ0n) is 9.80. The minimum Gasteiger partial charge on any atom is -0.358 e. The van der Waals surface area contributed by atoms with Gasteiger partial charge in [0.25, 0.3) is 0 Å². The second kappa shape index (κ2) is 8.96. The minimum absolute atomic E-state index is 0. The van der Waals surface area contributed by atoms with Gasteiger partial charge >= 0.3 is 0 Å². The maximum absolute atomic E-state index is 3.15. The van der Waals surface area contributed by atoms with Crippen LogP contribution in [0.15, 0.2) is 60.7 Å². The molecule has 1 aliphatic carbocycles. The van der Waals surface area contributed by atoms with Crippen LogP contribution in [0.1, 0.15) is 6.42 Å². The molecule has 17 heavy (non-hydrogen) atoms. The van der Waals surface area contributed by atoms with E-state index in [0.29, 0.717) is 0 Å². The molecule has 0 heterocycles. The Bertz CT molecular complexity index is 408. The molecule has 0 N–H and O–H groups in total. The number of hydrogen-bond acceptors (Lipinski definition) is 0. The van der Waals surface area contributed by atoms with Gasteiger partial charge in [-0.2, -0.15) is 6.08 Å². The van der Waals surface area contributed by atoms with Crippen molar-refractivity contribution in [2.24, 2.45) is 0 Å². The van der Waals surface area contributed by atoms with Crippen molar-refractivity contribution in [2.75, 3.05) is 0 Å². The normalized spacial score (nSPS) is 11.1. The maximum Gasteiger partial charge on any atom is 0 e. The van der Waals surface area contributed by atoms with Gasteiger partial charge in [0, 0.05) is 21.1 Å². The molecule has 1 heteroatoms. The fourth-order valence-corrected chi connectivity index (χ4v) is 1.40. The van der Waals surface area contributed by atoms with E-state index in [1.54, 1.807) is 0 Å². The molecule has 0 unspecified atom stereocenters. The van der Waals surface area contributed by atoms with Crippen LogP contribution >= 0.6 is 0 Å². The smallest absolute Gasteiger partial charge is 0 e. The summed E-state index contributed by atoms with van der Waals surface area (Å²) < 4.78 is 0. The molecular weight excluding hydrogens is 387 g/mol. The average molecular weight is 402 g/mol. The van der Waals surface area contributed by atoms with Crippen molar-refractivity contribution in [1.82, 2.24) is 0 Å². The predicted molar refractivity (Wildman–Crippen MR) is 70.8 cm³/mol. The van der Waals surface area contributed by atoms with E-state index in [1.807, 2.05) is 36.4 Å². The summed E-state index contributed by atoms with van der Waals surface area (Å²) in [6, 6.07) is 17.4. The number of benzene rings is 2. The summed E-state index contributed by atoms with van der Waals surface area (Å²) in [4.78, 5) is 0. The van der Waals surface area contributed by atoms with Crippen LogP contribution in [-0.4, -0.2) is 0 Å². The van der Waals surface area contributed by atoms with Gasteiger partial charge in [-0.25, -0.2) is 12.2 Å². The van der Waals surface area contributed by atoms with E-state index in [4.69, 9.17) is 0 Å². The monoisotopic (exact) mass is 402 g/mol. The summed E-state index contributed by atoms with van der Waals surface area (Å²) in [6.07, 6.45) is 10.0. The van der Waals surface area contributed by atoms with Gasteiger partial charge in [0.1, 0.15) is 0 Å². The molecule has 0 amide bonds. The number of hydrogen-bond donors (Lipinski definition) is 0. The Hall–Kier alpha value is -1.13. The van der Waals surface area contributed by atoms with Gasteiger partial charge in [0.2, 0.25) is 0 Å². The Morgan fingerprint density at radius 2 is 1.76 bits per heavy atom. The molecule has 0 saturated heterocycles. The van der Waals surface area contributed by atoms with Crippen molar-refractivity contribution in [3.05, 3.63) is 80.3 Å². The first-order valence-corrected chi connectivity index (χ1v) is 5.04. The third kappa shape index (κ3) is 5.15. The van der Waals surface area contributed by atoms with Gasteiger partial charge in [0.15, 0.2) is 0 Å². The Morgan fingerprint density at radius 3 is 2.35 bits per heavy atom. The SMILES string of the molecule is [C-]1=CC=CC1.[CH3-].[Pt].[c-]1cccc2ccccc12. The summed E-state index contributed by atoms with van der Waals surface area (Å²) in [5.41, 5.74) is 0. The molecular formula is C16H15Pt-3. The van der Waals surface area contributed by atoms with Crippen molar-refractivity contribution in [3.63, 3.8) is 0 Å². The zero-order valence-corrected chi connectivity index (χ0v) is 12.1. The third-order valence-corrected chi connectivity index (χ3v) is 2.16. The van der Waals surface area contributed by atoms with Crippen molar-refractivity contribution in [2.45, 2.75) is 6.42 Å². The predicted octanol–water partition coefficient (Wildman–Crippen LogP) is 4.39. The molecule has 0 saturated carbocycles. The maximum atomic E-state index is 3.15. The molecule has 0 aliphatic heterocycles. The first-order chi connectivity index (χ1) is 7.47. The summed E-state index contributed by atoms with van der Waals surface area (Å²) in [6.45, 7) is 0. The Morgan fingerprint density at radius 1 is 1.00 bits per heavy atom. The third-order valence-electron chi connectivity index (χ3n) is 2.16. The first kappa shape index (κ1) is 15.9. The fourth-order valence-electron chi connectivity index (χ4n) is 1.40. The van der Waals surface area contributed by atoms with Crippen LogP contribution in [0.3, 0.4) is 0 Å². The molecule has 0 spiro atoms. The van der Waals surface area contributed by atoms with E-state index in [0.717, 1.165) is 6.42 Å². The first-order valence-electron chi connectivity index (χ1n) is 5.04. The Kier molecular flexibility index (Phi) is 8.36. The standard InChI is InChI=1S/C10H7.C5H5.CH3.Pt/c1-2-6-10-8-4-3-7-9(10)5-1;1-2-4-5-3-1;;/h1-7H;1-3H,4H2;1H3;/q3*-1;. The molecule has 1 aliphatic rings. The van der Waals surface area contributed by atoms with Crippen LogP contribution in [0, 0.1) is 19.6 Å². The van der Waals surface area contributed by atoms with Gasteiger partial charge in [-0.3, -0.25) is 6.08 Å². The average Bonchev–Trinajstić information content (AvgIpc) is 2.88. The zero-order chi connectivity index (χ0) is 10.3. The van der Waals surface area contributed by atoms with Crippen LogP contribution in [0.2, 0.25) is 0 Å². The number of rotatable bonds is 0. The molecule has 0 radical (unpaired) electrons. The molecule has 0 bridgehead atoms. The van der Waals surface area contributed by atoms with Gasteiger partial charge in [0.05, 0.1) is 0 Å². The van der Waals surface area contributed by atoms with Crippen LogP contribution in [0.4, 0.5) is 0 Å². The van der Waals surface area contributed by atoms with Crippen molar-refractivity contribution in [3.8, 4) is 0 Å². The molecule has 0 aromatic heterocycles. The molecule has 3 rings (SSSR count). The van der Waals surface area contributed by atoms with Crippen molar-refractivity contribution in [1.29, 1.82) is 0 Å². The molecule has 0 atom stereocenters. The second-order valence-electron chi connectivity index (χ2n) is 3.26. The molecule has 92 valence electrons. The van der Waals surface area contributed by atoms with Crippen LogP contribution < -0.4 is 0 Å². The fraction of sp³-hybridized carbons (Fsp3) is 0.0625. The largest absolute Gasteiger partial charge is 0.358 e. The van der Waals surface area contributed by atoms with Gasteiger partial charge in [-0.1, -0.05) is 12.1 Å². The van der Waals surface area contributed by atoms with E-state index in [9.17, 15) is 0 Å². The van der Waals surface area contributed by atoms with Crippen LogP contribution in [-0.2, 0) is 21.1 Å². The van der Waals surface area contributed by atoms with Crippen molar-refractivity contribution >= 4 is 10.8 Å². The van der Waals surface area contributed by atoms with Gasteiger partial charge in [-0.05, 0) is 0 Å². The summed E-state index contributed by atoms with van der Waals surface area (Å²) in [7, 11) is 0. The molecule has 0 nitrogen and oxygen atoms in total. The Balaban J connectivity index is 0.000000318. The number of allylic oxidation sites excluding steroid dienone is 4. The topological polar surface area (TPSA) is 0 Å². The molecule has 2 aromatic carbocycles. The van der Waals surface area contributed by atoms with Crippen LogP contribution in [0.5, 0.6) is 0 Å². The number of fused-ring (bicyclic) bond motifs is 1. The van der Waals surface area contributed by atoms with Crippen molar-refractivity contribution < 1.29 is 21.1 Å². The summed E-state index contributed by atoms with van der Waals surface area (Å²) >= 11 is 0. The van der Waals surface area contributed by atoms with E-state index >= 15 is 0 Å².